The number of anilines is 1. The van der Waals surface area contributed by atoms with E-state index >= 15 is 0 Å². The smallest absolute Gasteiger partial charge is 0.338 e. The molecule has 0 atom stereocenters. The van der Waals surface area contributed by atoms with Gasteiger partial charge in [-0.05, 0) is 35.2 Å². The lowest BCUT2D eigenvalue weighted by Crippen LogP contribution is -2.09. The minimum absolute atomic E-state index is 0.0660. The molecule has 0 saturated heterocycles. The van der Waals surface area contributed by atoms with E-state index in [1.165, 1.54) is 12.1 Å². The van der Waals surface area contributed by atoms with Crippen LogP contribution in [-0.2, 0) is 4.79 Å². The van der Waals surface area contributed by atoms with Gasteiger partial charge in [0, 0.05) is 6.08 Å². The fourth-order valence-electron chi connectivity index (χ4n) is 1.52. The molecule has 1 aromatic heterocycles. The lowest BCUT2D eigenvalue weighted by molar-refractivity contribution is -0.111. The number of hydrogen-bond donors (Lipinski definition) is 2. The highest BCUT2D eigenvalue weighted by atomic mass is 35.5. The largest absolute Gasteiger partial charge is 0.478 e. The Morgan fingerprint density at radius 3 is 2.62 bits per heavy atom. The predicted molar refractivity (Wildman–Crippen MR) is 85.4 cm³/mol. The van der Waals surface area contributed by atoms with Crippen molar-refractivity contribution in [1.82, 2.24) is 0 Å². The first-order chi connectivity index (χ1) is 9.97. The van der Waals surface area contributed by atoms with Crippen molar-refractivity contribution in [3.8, 4) is 0 Å². The maximum atomic E-state index is 11.8. The van der Waals surface area contributed by atoms with Gasteiger partial charge in [-0.3, -0.25) is 4.79 Å². The molecule has 0 radical (unpaired) electrons. The SMILES string of the molecule is O=C(/C=C/c1ccc(Cl)c(Cl)c1)Nc1sccc1C(=O)O. The van der Waals surface area contributed by atoms with Crippen LogP contribution in [0.3, 0.4) is 0 Å². The van der Waals surface area contributed by atoms with E-state index in [4.69, 9.17) is 28.3 Å². The molecular weight excluding hydrogens is 333 g/mol. The van der Waals surface area contributed by atoms with Crippen LogP contribution in [-0.4, -0.2) is 17.0 Å². The molecule has 4 nitrogen and oxygen atoms in total. The molecule has 1 heterocycles. The van der Waals surface area contributed by atoms with Crippen molar-refractivity contribution in [1.29, 1.82) is 0 Å². The van der Waals surface area contributed by atoms with Crippen LogP contribution in [0.5, 0.6) is 0 Å². The molecule has 108 valence electrons. The number of aromatic carboxylic acids is 1. The van der Waals surface area contributed by atoms with Crippen LogP contribution in [0.1, 0.15) is 15.9 Å². The van der Waals surface area contributed by atoms with Gasteiger partial charge in [-0.2, -0.15) is 0 Å². The molecule has 21 heavy (non-hydrogen) atoms. The number of carbonyl (C=O) groups excluding carboxylic acids is 1. The van der Waals surface area contributed by atoms with E-state index in [0.29, 0.717) is 20.6 Å². The van der Waals surface area contributed by atoms with Crippen LogP contribution in [0.4, 0.5) is 5.00 Å². The molecule has 0 fully saturated rings. The summed E-state index contributed by atoms with van der Waals surface area (Å²) >= 11 is 12.8. The number of thiophene rings is 1. The number of halogens is 2. The molecule has 0 saturated carbocycles. The normalized spacial score (nSPS) is 10.8. The first-order valence-corrected chi connectivity index (χ1v) is 7.36. The highest BCUT2D eigenvalue weighted by Crippen LogP contribution is 2.24. The minimum Gasteiger partial charge on any atom is -0.478 e. The first-order valence-electron chi connectivity index (χ1n) is 5.72. The minimum atomic E-state index is -1.08. The molecule has 2 aromatic rings. The second-order valence-electron chi connectivity index (χ2n) is 3.96. The number of benzene rings is 1. The van der Waals surface area contributed by atoms with Gasteiger partial charge >= 0.3 is 5.97 Å². The lowest BCUT2D eigenvalue weighted by Gasteiger charge is -2.01. The summed E-state index contributed by atoms with van der Waals surface area (Å²) in [4.78, 5) is 22.7. The van der Waals surface area contributed by atoms with Crippen molar-refractivity contribution in [2.45, 2.75) is 0 Å². The number of rotatable bonds is 4. The monoisotopic (exact) mass is 341 g/mol. The van der Waals surface area contributed by atoms with Crippen LogP contribution in [0.15, 0.2) is 35.7 Å². The van der Waals surface area contributed by atoms with Gasteiger partial charge in [0.15, 0.2) is 0 Å². The third kappa shape index (κ3) is 4.07. The Hall–Kier alpha value is -1.82. The lowest BCUT2D eigenvalue weighted by atomic mass is 10.2. The summed E-state index contributed by atoms with van der Waals surface area (Å²) < 4.78 is 0. The van der Waals surface area contributed by atoms with Gasteiger partial charge in [-0.25, -0.2) is 4.79 Å². The molecule has 1 aromatic carbocycles. The Morgan fingerprint density at radius 2 is 1.95 bits per heavy atom. The molecule has 0 aliphatic heterocycles. The molecule has 7 heteroatoms. The first kappa shape index (κ1) is 15.6. The van der Waals surface area contributed by atoms with Gasteiger partial charge in [0.1, 0.15) is 5.00 Å². The molecule has 0 spiro atoms. The van der Waals surface area contributed by atoms with Gasteiger partial charge in [0.25, 0.3) is 0 Å². The molecule has 0 aliphatic carbocycles. The zero-order valence-electron chi connectivity index (χ0n) is 10.5. The van der Waals surface area contributed by atoms with E-state index in [0.717, 1.165) is 11.3 Å². The van der Waals surface area contributed by atoms with Gasteiger partial charge in [0.05, 0.1) is 15.6 Å². The standard InChI is InChI=1S/C14H9Cl2NO3S/c15-10-3-1-8(7-11(10)16)2-4-12(18)17-13-9(14(19)20)5-6-21-13/h1-7H,(H,17,18)(H,19,20)/b4-2+. The average Bonchev–Trinajstić information content (AvgIpc) is 2.88. The number of carboxylic acids is 1. The van der Waals surface area contributed by atoms with Crippen molar-refractivity contribution in [2.75, 3.05) is 5.32 Å². The summed E-state index contributed by atoms with van der Waals surface area (Å²) in [7, 11) is 0. The molecular formula is C14H9Cl2NO3S. The van der Waals surface area contributed by atoms with Crippen molar-refractivity contribution < 1.29 is 14.7 Å². The van der Waals surface area contributed by atoms with Crippen molar-refractivity contribution >= 4 is 57.5 Å². The summed E-state index contributed by atoms with van der Waals surface area (Å²) in [6.07, 6.45) is 2.86. The van der Waals surface area contributed by atoms with Crippen LogP contribution in [0.2, 0.25) is 10.0 Å². The number of carboxylic acid groups (broad SMARTS) is 1. The average molecular weight is 342 g/mol. The number of amides is 1. The van der Waals surface area contributed by atoms with E-state index in [9.17, 15) is 9.59 Å². The summed E-state index contributed by atoms with van der Waals surface area (Å²) in [6, 6.07) is 6.40. The van der Waals surface area contributed by atoms with E-state index < -0.39 is 11.9 Å². The van der Waals surface area contributed by atoms with Crippen molar-refractivity contribution in [3.63, 3.8) is 0 Å². The number of nitrogens with one attached hydrogen (secondary N) is 1. The third-order valence-electron chi connectivity index (χ3n) is 2.50. The number of hydrogen-bond acceptors (Lipinski definition) is 3. The predicted octanol–water partition coefficient (Wildman–Crippen LogP) is 4.41. The van der Waals surface area contributed by atoms with E-state index in [1.807, 2.05) is 0 Å². The van der Waals surface area contributed by atoms with Crippen LogP contribution < -0.4 is 5.32 Å². The summed E-state index contributed by atoms with van der Waals surface area (Å²) in [5, 5.41) is 14.2. The molecule has 1 amide bonds. The third-order valence-corrected chi connectivity index (χ3v) is 4.07. The molecule has 0 bridgehead atoms. The Morgan fingerprint density at radius 1 is 1.19 bits per heavy atom. The Labute approximate surface area is 134 Å². The van der Waals surface area contributed by atoms with Crippen LogP contribution in [0.25, 0.3) is 6.08 Å². The van der Waals surface area contributed by atoms with Gasteiger partial charge in [-0.1, -0.05) is 29.3 Å². The zero-order chi connectivity index (χ0) is 15.4. The Bertz CT molecular complexity index is 725. The van der Waals surface area contributed by atoms with Crippen molar-refractivity contribution in [3.05, 3.63) is 56.9 Å². The maximum Gasteiger partial charge on any atom is 0.338 e. The maximum absolute atomic E-state index is 11.8. The van der Waals surface area contributed by atoms with Crippen LogP contribution in [0, 0.1) is 0 Å². The molecule has 2 N–H and O–H groups in total. The van der Waals surface area contributed by atoms with Gasteiger partial charge in [0.2, 0.25) is 5.91 Å². The molecule has 0 unspecified atom stereocenters. The second-order valence-corrected chi connectivity index (χ2v) is 5.70. The summed E-state index contributed by atoms with van der Waals surface area (Å²) in [5.74, 6) is -1.51. The van der Waals surface area contributed by atoms with Gasteiger partial charge in [-0.15, -0.1) is 11.3 Å². The Kier molecular flexibility index (Phi) is 5.01. The van der Waals surface area contributed by atoms with E-state index in [-0.39, 0.29) is 5.56 Å². The highest BCUT2D eigenvalue weighted by molar-refractivity contribution is 7.14. The Balaban J connectivity index is 2.07. The zero-order valence-corrected chi connectivity index (χ0v) is 12.8. The van der Waals surface area contributed by atoms with E-state index in [1.54, 1.807) is 29.7 Å². The summed E-state index contributed by atoms with van der Waals surface area (Å²) in [6.45, 7) is 0. The quantitative estimate of drug-likeness (QED) is 0.809. The number of carbonyl (C=O) groups is 2. The van der Waals surface area contributed by atoms with Crippen molar-refractivity contribution in [2.24, 2.45) is 0 Å². The fourth-order valence-corrected chi connectivity index (χ4v) is 2.60. The fraction of sp³-hybridized carbons (Fsp3) is 0. The highest BCUT2D eigenvalue weighted by Gasteiger charge is 2.12. The summed E-state index contributed by atoms with van der Waals surface area (Å²) in [5.41, 5.74) is 0.778. The molecule has 2 rings (SSSR count). The second kappa shape index (κ2) is 6.76. The van der Waals surface area contributed by atoms with Gasteiger partial charge < -0.3 is 10.4 Å². The van der Waals surface area contributed by atoms with E-state index in [2.05, 4.69) is 5.32 Å². The topological polar surface area (TPSA) is 66.4 Å². The molecule has 0 aliphatic rings. The van der Waals surface area contributed by atoms with Crippen LogP contribution >= 0.6 is 34.5 Å².